The monoisotopic (exact) mass is 376 g/mol. The Bertz CT molecular complexity index is 505. The Kier molecular flexibility index (Phi) is 9.37. The number of piperidine rings is 1. The number of hydrogen-bond acceptors (Lipinski definition) is 3. The van der Waals surface area contributed by atoms with Crippen molar-refractivity contribution in [3.05, 3.63) is 28.8 Å². The van der Waals surface area contributed by atoms with Crippen LogP contribution in [0.5, 0.6) is 0 Å². The van der Waals surface area contributed by atoms with E-state index in [1.54, 1.807) is 11.8 Å². The number of rotatable bonds is 6. The van der Waals surface area contributed by atoms with Gasteiger partial charge < -0.3 is 10.2 Å². The summed E-state index contributed by atoms with van der Waals surface area (Å²) >= 11 is 7.79. The minimum absolute atomic E-state index is 0. The lowest BCUT2D eigenvalue weighted by molar-refractivity contribution is 0.0687. The first-order chi connectivity index (χ1) is 10.7. The van der Waals surface area contributed by atoms with Gasteiger partial charge in [0.15, 0.2) is 0 Å². The minimum atomic E-state index is 0. The Labute approximate surface area is 154 Å². The van der Waals surface area contributed by atoms with E-state index in [0.29, 0.717) is 10.9 Å². The van der Waals surface area contributed by atoms with Crippen LogP contribution in [0.2, 0.25) is 5.02 Å². The highest BCUT2D eigenvalue weighted by Gasteiger charge is 2.25. The highest BCUT2D eigenvalue weighted by molar-refractivity contribution is 7.99. The van der Waals surface area contributed by atoms with Gasteiger partial charge in [0.2, 0.25) is 0 Å². The van der Waals surface area contributed by atoms with Gasteiger partial charge in [0.1, 0.15) is 0 Å². The van der Waals surface area contributed by atoms with E-state index in [2.05, 4.69) is 19.2 Å². The van der Waals surface area contributed by atoms with E-state index >= 15 is 0 Å². The summed E-state index contributed by atoms with van der Waals surface area (Å²) in [6.07, 6.45) is 2.16. The molecule has 1 fully saturated rings. The number of nitrogens with one attached hydrogen (secondary N) is 1. The fourth-order valence-corrected chi connectivity index (χ4v) is 3.76. The smallest absolute Gasteiger partial charge is 0.255 e. The average molecular weight is 377 g/mol. The highest BCUT2D eigenvalue weighted by atomic mass is 35.5. The summed E-state index contributed by atoms with van der Waals surface area (Å²) < 4.78 is 0. The van der Waals surface area contributed by atoms with Crippen LogP contribution in [0.1, 0.15) is 37.0 Å². The van der Waals surface area contributed by atoms with E-state index in [-0.39, 0.29) is 18.3 Å². The number of benzene rings is 1. The molecule has 3 nitrogen and oxygen atoms in total. The second-order valence-electron chi connectivity index (χ2n) is 5.62. The van der Waals surface area contributed by atoms with E-state index in [1.807, 2.05) is 23.1 Å². The molecule has 0 aromatic heterocycles. The molecule has 0 unspecified atom stereocenters. The summed E-state index contributed by atoms with van der Waals surface area (Å²) in [6, 6.07) is 5.63. The quantitative estimate of drug-likeness (QED) is 0.749. The molecular formula is C17H26Cl2N2OS. The van der Waals surface area contributed by atoms with Crippen molar-refractivity contribution < 1.29 is 4.79 Å². The Morgan fingerprint density at radius 2 is 2.04 bits per heavy atom. The van der Waals surface area contributed by atoms with Gasteiger partial charge in [-0.05, 0) is 55.8 Å². The average Bonchev–Trinajstić information content (AvgIpc) is 2.54. The van der Waals surface area contributed by atoms with E-state index in [4.69, 9.17) is 11.6 Å². The lowest BCUT2D eigenvalue weighted by atomic mass is 9.96. The van der Waals surface area contributed by atoms with Gasteiger partial charge in [0, 0.05) is 23.0 Å². The maximum absolute atomic E-state index is 12.8. The van der Waals surface area contributed by atoms with Gasteiger partial charge in [-0.15, -0.1) is 24.2 Å². The largest absolute Gasteiger partial charge is 0.339 e. The summed E-state index contributed by atoms with van der Waals surface area (Å²) in [5.41, 5.74) is 0.754. The van der Waals surface area contributed by atoms with E-state index in [1.165, 1.54) is 0 Å². The Hall–Kier alpha value is -0.420. The predicted molar refractivity (Wildman–Crippen MR) is 102 cm³/mol. The molecule has 0 atom stereocenters. The maximum atomic E-state index is 12.8. The highest BCUT2D eigenvalue weighted by Crippen LogP contribution is 2.28. The number of nitrogens with zero attached hydrogens (tertiary/aromatic N) is 1. The van der Waals surface area contributed by atoms with Crippen LogP contribution in [-0.4, -0.2) is 42.7 Å². The number of likely N-dealkylation sites (tertiary alicyclic amines) is 1. The Morgan fingerprint density at radius 1 is 1.35 bits per heavy atom. The zero-order valence-corrected chi connectivity index (χ0v) is 16.2. The van der Waals surface area contributed by atoms with Crippen LogP contribution in [0.25, 0.3) is 0 Å². The fourth-order valence-electron chi connectivity index (χ4n) is 2.81. The van der Waals surface area contributed by atoms with Crippen molar-refractivity contribution in [2.75, 3.05) is 31.9 Å². The SMILES string of the molecule is CCNCC1CCN(C(=O)c2cc(Cl)ccc2SCC)CC1.Cl. The van der Waals surface area contributed by atoms with Crippen LogP contribution in [-0.2, 0) is 0 Å². The van der Waals surface area contributed by atoms with Crippen molar-refractivity contribution >= 4 is 41.7 Å². The second-order valence-corrected chi connectivity index (χ2v) is 7.36. The van der Waals surface area contributed by atoms with Crippen LogP contribution in [0.4, 0.5) is 0 Å². The van der Waals surface area contributed by atoms with Crippen molar-refractivity contribution in [1.29, 1.82) is 0 Å². The lowest BCUT2D eigenvalue weighted by Gasteiger charge is -2.32. The third kappa shape index (κ3) is 5.86. The zero-order valence-electron chi connectivity index (χ0n) is 13.8. The number of carbonyl (C=O) groups excluding carboxylic acids is 1. The van der Waals surface area contributed by atoms with Crippen molar-refractivity contribution in [1.82, 2.24) is 10.2 Å². The number of thioether (sulfide) groups is 1. The molecule has 0 saturated carbocycles. The van der Waals surface area contributed by atoms with E-state index in [0.717, 1.165) is 55.2 Å². The normalized spacial score (nSPS) is 15.3. The van der Waals surface area contributed by atoms with Crippen LogP contribution in [0.15, 0.2) is 23.1 Å². The Morgan fingerprint density at radius 3 is 2.65 bits per heavy atom. The van der Waals surface area contributed by atoms with Crippen LogP contribution in [0.3, 0.4) is 0 Å². The molecule has 1 aromatic carbocycles. The zero-order chi connectivity index (χ0) is 15.9. The summed E-state index contributed by atoms with van der Waals surface area (Å²) in [7, 11) is 0. The molecular weight excluding hydrogens is 351 g/mol. The van der Waals surface area contributed by atoms with Gasteiger partial charge in [-0.3, -0.25) is 4.79 Å². The van der Waals surface area contributed by atoms with Crippen LogP contribution >= 0.6 is 35.8 Å². The molecule has 1 heterocycles. The summed E-state index contributed by atoms with van der Waals surface area (Å²) in [5.74, 6) is 1.76. The molecule has 1 N–H and O–H groups in total. The molecule has 1 aliphatic rings. The predicted octanol–water partition coefficient (Wildman–Crippen LogP) is 4.34. The van der Waals surface area contributed by atoms with Gasteiger partial charge in [-0.25, -0.2) is 0 Å². The maximum Gasteiger partial charge on any atom is 0.255 e. The van der Waals surface area contributed by atoms with Crippen molar-refractivity contribution in [3.63, 3.8) is 0 Å². The minimum Gasteiger partial charge on any atom is -0.339 e. The van der Waals surface area contributed by atoms with Crippen molar-refractivity contribution in [2.45, 2.75) is 31.6 Å². The first-order valence-corrected chi connectivity index (χ1v) is 9.44. The third-order valence-corrected chi connectivity index (χ3v) is 5.25. The fraction of sp³-hybridized carbons (Fsp3) is 0.588. The van der Waals surface area contributed by atoms with Crippen LogP contribution < -0.4 is 5.32 Å². The number of amides is 1. The topological polar surface area (TPSA) is 32.3 Å². The Balaban J connectivity index is 0.00000264. The van der Waals surface area contributed by atoms with Crippen molar-refractivity contribution in [3.8, 4) is 0 Å². The number of halogens is 2. The van der Waals surface area contributed by atoms with Crippen molar-refractivity contribution in [2.24, 2.45) is 5.92 Å². The number of carbonyl (C=O) groups is 1. The van der Waals surface area contributed by atoms with Gasteiger partial charge >= 0.3 is 0 Å². The molecule has 23 heavy (non-hydrogen) atoms. The molecule has 1 aliphatic heterocycles. The molecule has 6 heteroatoms. The molecule has 0 radical (unpaired) electrons. The lowest BCUT2D eigenvalue weighted by Crippen LogP contribution is -2.41. The molecule has 1 amide bonds. The standard InChI is InChI=1S/C17H25ClN2OS.ClH/c1-3-19-12-13-7-9-20(10-8-13)17(21)15-11-14(18)5-6-16(15)22-4-2;/h5-6,11,13,19H,3-4,7-10,12H2,1-2H3;1H. The molecule has 1 aromatic rings. The molecule has 1 saturated heterocycles. The molecule has 0 aliphatic carbocycles. The van der Waals surface area contributed by atoms with Gasteiger partial charge in [-0.2, -0.15) is 0 Å². The van der Waals surface area contributed by atoms with E-state index in [9.17, 15) is 4.79 Å². The van der Waals surface area contributed by atoms with Crippen LogP contribution in [0, 0.1) is 5.92 Å². The summed E-state index contributed by atoms with van der Waals surface area (Å²) in [6.45, 7) is 7.99. The second kappa shape index (κ2) is 10.4. The molecule has 0 bridgehead atoms. The summed E-state index contributed by atoms with van der Waals surface area (Å²) in [5, 5.41) is 4.03. The first kappa shape index (κ1) is 20.6. The first-order valence-electron chi connectivity index (χ1n) is 8.08. The third-order valence-electron chi connectivity index (χ3n) is 4.06. The van der Waals surface area contributed by atoms with Gasteiger partial charge in [0.05, 0.1) is 5.56 Å². The van der Waals surface area contributed by atoms with Gasteiger partial charge in [-0.1, -0.05) is 25.4 Å². The van der Waals surface area contributed by atoms with E-state index < -0.39 is 0 Å². The van der Waals surface area contributed by atoms with Gasteiger partial charge in [0.25, 0.3) is 5.91 Å². The molecule has 2 rings (SSSR count). The molecule has 130 valence electrons. The molecule has 0 spiro atoms. The number of hydrogen-bond donors (Lipinski definition) is 1. The summed E-state index contributed by atoms with van der Waals surface area (Å²) in [4.78, 5) is 15.8.